The van der Waals surface area contributed by atoms with Gasteiger partial charge in [0.2, 0.25) is 5.91 Å². The quantitative estimate of drug-likeness (QED) is 0.869. The highest BCUT2D eigenvalue weighted by molar-refractivity contribution is 6.30. The summed E-state index contributed by atoms with van der Waals surface area (Å²) in [6.07, 6.45) is 0.311. The molecule has 2 aromatic rings. The van der Waals surface area contributed by atoms with E-state index in [2.05, 4.69) is 5.16 Å². The van der Waals surface area contributed by atoms with Crippen molar-refractivity contribution in [3.8, 4) is 0 Å². The lowest BCUT2D eigenvalue weighted by molar-refractivity contribution is -0.129. The number of carbonyl (C=O) groups excluding carboxylic acids is 1. The number of carbonyl (C=O) groups is 1. The van der Waals surface area contributed by atoms with Gasteiger partial charge in [-0.05, 0) is 31.5 Å². The van der Waals surface area contributed by atoms with Crippen LogP contribution >= 0.6 is 11.6 Å². The van der Waals surface area contributed by atoms with E-state index in [4.69, 9.17) is 16.1 Å². The first-order chi connectivity index (χ1) is 9.47. The molecule has 106 valence electrons. The van der Waals surface area contributed by atoms with Gasteiger partial charge in [0, 0.05) is 24.2 Å². The molecule has 0 unspecified atom stereocenters. The first-order valence-electron chi connectivity index (χ1n) is 6.37. The van der Waals surface area contributed by atoms with Gasteiger partial charge in [0.1, 0.15) is 5.76 Å². The third-order valence-corrected chi connectivity index (χ3v) is 3.52. The second-order valence-corrected chi connectivity index (χ2v) is 5.29. The van der Waals surface area contributed by atoms with Gasteiger partial charge in [0.15, 0.2) is 0 Å². The Kier molecular flexibility index (Phi) is 4.45. The van der Waals surface area contributed by atoms with Crippen molar-refractivity contribution in [2.45, 2.75) is 26.8 Å². The van der Waals surface area contributed by atoms with Crippen LogP contribution in [0.4, 0.5) is 0 Å². The van der Waals surface area contributed by atoms with Crippen molar-refractivity contribution in [2.75, 3.05) is 7.05 Å². The minimum Gasteiger partial charge on any atom is -0.361 e. The number of hydrogen-bond acceptors (Lipinski definition) is 3. The summed E-state index contributed by atoms with van der Waals surface area (Å²) in [6.45, 7) is 4.22. The molecule has 0 saturated carbocycles. The molecular formula is C15H17ClN2O2. The standard InChI is InChI=1S/C15H17ClN2O2/c1-10-14(11(2)20-17-10)8-15(19)18(3)9-12-4-6-13(16)7-5-12/h4-7H,8-9H2,1-3H3. The lowest BCUT2D eigenvalue weighted by Crippen LogP contribution is -2.28. The van der Waals surface area contributed by atoms with Crippen molar-refractivity contribution in [1.29, 1.82) is 0 Å². The summed E-state index contributed by atoms with van der Waals surface area (Å²) in [5, 5.41) is 4.55. The molecular weight excluding hydrogens is 276 g/mol. The number of halogens is 1. The lowest BCUT2D eigenvalue weighted by atomic mass is 10.1. The van der Waals surface area contributed by atoms with Gasteiger partial charge in [-0.15, -0.1) is 0 Å². The molecule has 4 nitrogen and oxygen atoms in total. The summed E-state index contributed by atoms with van der Waals surface area (Å²) < 4.78 is 5.07. The fourth-order valence-corrected chi connectivity index (χ4v) is 2.12. The van der Waals surface area contributed by atoms with E-state index in [1.54, 1.807) is 11.9 Å². The molecule has 5 heteroatoms. The van der Waals surface area contributed by atoms with E-state index < -0.39 is 0 Å². The van der Waals surface area contributed by atoms with Crippen molar-refractivity contribution in [2.24, 2.45) is 0 Å². The SMILES string of the molecule is Cc1noc(C)c1CC(=O)N(C)Cc1ccc(Cl)cc1. The Labute approximate surface area is 123 Å². The fourth-order valence-electron chi connectivity index (χ4n) is 1.99. The molecule has 1 aromatic carbocycles. The Morgan fingerprint density at radius 2 is 1.95 bits per heavy atom. The maximum Gasteiger partial charge on any atom is 0.227 e. The summed E-state index contributed by atoms with van der Waals surface area (Å²) in [5.74, 6) is 0.741. The first-order valence-corrected chi connectivity index (χ1v) is 6.75. The maximum absolute atomic E-state index is 12.2. The molecule has 1 aromatic heterocycles. The zero-order chi connectivity index (χ0) is 14.7. The second kappa shape index (κ2) is 6.09. The second-order valence-electron chi connectivity index (χ2n) is 4.86. The minimum absolute atomic E-state index is 0.0364. The van der Waals surface area contributed by atoms with Crippen LogP contribution in [0.2, 0.25) is 5.02 Å². The van der Waals surface area contributed by atoms with Gasteiger partial charge in [-0.25, -0.2) is 0 Å². The van der Waals surface area contributed by atoms with E-state index in [1.165, 1.54) is 0 Å². The van der Waals surface area contributed by atoms with Crippen LogP contribution in [0.25, 0.3) is 0 Å². The van der Waals surface area contributed by atoms with Crippen LogP contribution in [0.15, 0.2) is 28.8 Å². The highest BCUT2D eigenvalue weighted by atomic mass is 35.5. The average Bonchev–Trinajstić information content (AvgIpc) is 2.73. The molecule has 1 amide bonds. The molecule has 20 heavy (non-hydrogen) atoms. The molecule has 1 heterocycles. The Bertz CT molecular complexity index is 585. The summed E-state index contributed by atoms with van der Waals surface area (Å²) >= 11 is 5.84. The highest BCUT2D eigenvalue weighted by Gasteiger charge is 2.16. The first kappa shape index (κ1) is 14.6. The van der Waals surface area contributed by atoms with Crippen LogP contribution in [0.3, 0.4) is 0 Å². The highest BCUT2D eigenvalue weighted by Crippen LogP contribution is 2.15. The Hall–Kier alpha value is -1.81. The lowest BCUT2D eigenvalue weighted by Gasteiger charge is -2.17. The largest absolute Gasteiger partial charge is 0.361 e. The van der Waals surface area contributed by atoms with Crippen LogP contribution in [0.5, 0.6) is 0 Å². The summed E-state index contributed by atoms with van der Waals surface area (Å²) in [7, 11) is 1.79. The van der Waals surface area contributed by atoms with Crippen molar-refractivity contribution < 1.29 is 9.32 Å². The summed E-state index contributed by atoms with van der Waals surface area (Å²) in [4.78, 5) is 13.9. The number of hydrogen-bond donors (Lipinski definition) is 0. The smallest absolute Gasteiger partial charge is 0.227 e. The fraction of sp³-hybridized carbons (Fsp3) is 0.333. The number of aromatic nitrogens is 1. The molecule has 0 saturated heterocycles. The topological polar surface area (TPSA) is 46.3 Å². The normalized spacial score (nSPS) is 10.6. The van der Waals surface area contributed by atoms with E-state index in [9.17, 15) is 4.79 Å². The van der Waals surface area contributed by atoms with Gasteiger partial charge < -0.3 is 9.42 Å². The molecule has 0 radical (unpaired) electrons. The number of nitrogens with zero attached hydrogens (tertiary/aromatic N) is 2. The van der Waals surface area contributed by atoms with Gasteiger partial charge in [-0.3, -0.25) is 4.79 Å². The van der Waals surface area contributed by atoms with Gasteiger partial charge in [0.25, 0.3) is 0 Å². The van der Waals surface area contributed by atoms with Crippen LogP contribution < -0.4 is 0 Å². The van der Waals surface area contributed by atoms with Gasteiger partial charge in [-0.1, -0.05) is 28.9 Å². The molecule has 0 bridgehead atoms. The molecule has 0 spiro atoms. The monoisotopic (exact) mass is 292 g/mol. The van der Waals surface area contributed by atoms with Crippen LogP contribution in [0.1, 0.15) is 22.6 Å². The summed E-state index contributed by atoms with van der Waals surface area (Å²) in [5.41, 5.74) is 2.69. The van der Waals surface area contributed by atoms with Crippen molar-refractivity contribution in [3.63, 3.8) is 0 Å². The summed E-state index contributed by atoms with van der Waals surface area (Å²) in [6, 6.07) is 7.48. The van der Waals surface area contributed by atoms with E-state index in [0.717, 1.165) is 16.8 Å². The Morgan fingerprint density at radius 3 is 2.50 bits per heavy atom. The predicted molar refractivity (Wildman–Crippen MR) is 77.6 cm³/mol. The van der Waals surface area contributed by atoms with Crippen molar-refractivity contribution >= 4 is 17.5 Å². The third-order valence-electron chi connectivity index (χ3n) is 3.27. The van der Waals surface area contributed by atoms with E-state index in [0.29, 0.717) is 23.7 Å². The molecule has 0 fully saturated rings. The molecule has 0 aliphatic carbocycles. The van der Waals surface area contributed by atoms with Crippen LogP contribution in [0, 0.1) is 13.8 Å². The van der Waals surface area contributed by atoms with Crippen LogP contribution in [-0.2, 0) is 17.8 Å². The van der Waals surface area contributed by atoms with Gasteiger partial charge >= 0.3 is 0 Å². The zero-order valence-corrected chi connectivity index (χ0v) is 12.6. The minimum atomic E-state index is 0.0364. The van der Waals surface area contributed by atoms with Crippen molar-refractivity contribution in [1.82, 2.24) is 10.1 Å². The van der Waals surface area contributed by atoms with E-state index >= 15 is 0 Å². The van der Waals surface area contributed by atoms with E-state index in [1.807, 2.05) is 38.1 Å². The van der Waals surface area contributed by atoms with E-state index in [-0.39, 0.29) is 5.91 Å². The number of aryl methyl sites for hydroxylation is 2. The zero-order valence-electron chi connectivity index (χ0n) is 11.8. The maximum atomic E-state index is 12.2. The predicted octanol–water partition coefficient (Wildman–Crippen LogP) is 3.15. The number of benzene rings is 1. The number of amides is 1. The van der Waals surface area contributed by atoms with Crippen molar-refractivity contribution in [3.05, 3.63) is 51.9 Å². The Morgan fingerprint density at radius 1 is 1.30 bits per heavy atom. The molecule has 0 N–H and O–H groups in total. The van der Waals surface area contributed by atoms with Gasteiger partial charge in [-0.2, -0.15) is 0 Å². The molecule has 0 aliphatic heterocycles. The van der Waals surface area contributed by atoms with Gasteiger partial charge in [0.05, 0.1) is 12.1 Å². The molecule has 0 atom stereocenters. The Balaban J connectivity index is 2.00. The third kappa shape index (κ3) is 3.39. The number of likely N-dealkylation sites (N-methyl/N-ethyl adjacent to an activating group) is 1. The average molecular weight is 293 g/mol. The molecule has 0 aliphatic rings. The van der Waals surface area contributed by atoms with Crippen LogP contribution in [-0.4, -0.2) is 23.0 Å². The molecule has 2 rings (SSSR count). The number of rotatable bonds is 4.